The lowest BCUT2D eigenvalue weighted by molar-refractivity contribution is -0.134. The van der Waals surface area contributed by atoms with Crippen molar-refractivity contribution in [2.45, 2.75) is 45.1 Å². The third-order valence-electron chi connectivity index (χ3n) is 11.2. The van der Waals surface area contributed by atoms with Gasteiger partial charge in [-0.15, -0.1) is 0 Å². The van der Waals surface area contributed by atoms with Crippen molar-refractivity contribution in [2.24, 2.45) is 13.0 Å². The molecule has 4 aromatic heterocycles. The van der Waals surface area contributed by atoms with Gasteiger partial charge in [0.05, 0.1) is 35.2 Å². The van der Waals surface area contributed by atoms with Gasteiger partial charge in [0.2, 0.25) is 17.8 Å². The number of nitrogens with zero attached hydrogens (tertiary/aromatic N) is 9. The molecule has 0 saturated carbocycles. The lowest BCUT2D eigenvalue weighted by Crippen LogP contribution is -2.48. The number of halogens is 1. The lowest BCUT2D eigenvalue weighted by Gasteiger charge is -2.36. The number of nitrogens with one attached hydrogen (secondary N) is 3. The molecule has 17 nitrogen and oxygen atoms in total. The number of fused-ring (bicyclic) bond motifs is 2. The number of aromatic nitrogens is 6. The number of hydrogen-bond acceptors (Lipinski definition) is 13. The number of hydrogen-bond donors (Lipinski definition) is 3. The number of aryl methyl sites for hydroxylation is 1. The highest BCUT2D eigenvalue weighted by Gasteiger charge is 2.32. The van der Waals surface area contributed by atoms with E-state index in [1.165, 1.54) is 7.05 Å². The molecule has 3 amide bonds. The first kappa shape index (κ1) is 39.0. The molecule has 3 aliphatic heterocycles. The molecular weight excluding hydrogens is 764 g/mol. The Kier molecular flexibility index (Phi) is 10.9. The number of carbonyl (C=O) groups is 3. The summed E-state index contributed by atoms with van der Waals surface area (Å²) in [6.45, 7) is 9.73. The fourth-order valence-corrected chi connectivity index (χ4v) is 8.33. The zero-order chi connectivity index (χ0) is 40.7. The normalized spacial score (nSPS) is 19.0. The van der Waals surface area contributed by atoms with Crippen LogP contribution in [0.25, 0.3) is 21.9 Å². The molecule has 58 heavy (non-hydrogen) atoms. The first-order chi connectivity index (χ1) is 27.9. The van der Waals surface area contributed by atoms with Crippen molar-refractivity contribution in [1.82, 2.24) is 44.8 Å². The Morgan fingerprint density at radius 3 is 2.59 bits per heavy atom. The maximum atomic E-state index is 13.2. The zero-order valence-electron chi connectivity index (χ0n) is 33.0. The molecule has 8 rings (SSSR count). The van der Waals surface area contributed by atoms with Gasteiger partial charge < -0.3 is 25.2 Å². The standard InChI is InChI=1S/C40H47ClN12O5/c1-23(2)53-37-25(16-32(39(53)57)58-22-34(55)42-3)15-26(18-43-37)45-36-30(41)19-44-40(47-36)51-13-11-50(12-14-51)20-24-9-10-52(21-24)27-5-6-28-31(17-27)49(4)48-35(28)29-7-8-33(54)46-38(29)56/h5-6,15-19,23-24,29H,7-14,20-22H2,1-4H3,(H,42,55)(H,44,45,47)(H,46,54,56)/t24-,29?/m1/s1. The van der Waals surface area contributed by atoms with Gasteiger partial charge in [0.1, 0.15) is 10.7 Å². The van der Waals surface area contributed by atoms with Crippen molar-refractivity contribution in [1.29, 1.82) is 0 Å². The molecule has 0 spiro atoms. The Morgan fingerprint density at radius 1 is 1.02 bits per heavy atom. The molecule has 3 saturated heterocycles. The number of piperidine rings is 1. The van der Waals surface area contributed by atoms with Crippen LogP contribution in [0.15, 0.2) is 47.5 Å². The maximum Gasteiger partial charge on any atom is 0.294 e. The Bertz CT molecular complexity index is 2460. The Morgan fingerprint density at radius 2 is 1.83 bits per heavy atom. The molecule has 3 aliphatic rings. The molecule has 7 heterocycles. The molecule has 0 radical (unpaired) electrons. The number of ether oxygens (including phenoxy) is 1. The summed E-state index contributed by atoms with van der Waals surface area (Å²) in [6, 6.07) is 9.59. The average molecular weight is 811 g/mol. The van der Waals surface area contributed by atoms with Crippen LogP contribution in [0.5, 0.6) is 5.75 Å². The maximum absolute atomic E-state index is 13.2. The predicted molar refractivity (Wildman–Crippen MR) is 221 cm³/mol. The molecule has 0 bridgehead atoms. The minimum Gasteiger partial charge on any atom is -0.478 e. The van der Waals surface area contributed by atoms with Crippen LogP contribution in [-0.4, -0.2) is 111 Å². The second-order valence-corrected chi connectivity index (χ2v) is 15.9. The molecule has 0 aliphatic carbocycles. The highest BCUT2D eigenvalue weighted by molar-refractivity contribution is 6.33. The highest BCUT2D eigenvalue weighted by atomic mass is 35.5. The summed E-state index contributed by atoms with van der Waals surface area (Å²) in [5.74, 6) is 0.337. The fraction of sp³-hybridized carbons (Fsp3) is 0.450. The van der Waals surface area contributed by atoms with Gasteiger partial charge in [-0.2, -0.15) is 10.1 Å². The van der Waals surface area contributed by atoms with Crippen LogP contribution in [0.2, 0.25) is 5.02 Å². The van der Waals surface area contributed by atoms with Crippen LogP contribution in [-0.2, 0) is 21.4 Å². The molecule has 1 aromatic carbocycles. The van der Waals surface area contributed by atoms with Crippen molar-refractivity contribution in [2.75, 3.05) is 74.6 Å². The number of anilines is 4. The van der Waals surface area contributed by atoms with Gasteiger partial charge in [-0.05, 0) is 62.9 Å². The van der Waals surface area contributed by atoms with E-state index in [1.807, 2.05) is 31.6 Å². The summed E-state index contributed by atoms with van der Waals surface area (Å²) in [5, 5.41) is 14.9. The monoisotopic (exact) mass is 810 g/mol. The minimum absolute atomic E-state index is 0.0570. The van der Waals surface area contributed by atoms with Gasteiger partial charge in [-0.1, -0.05) is 11.6 Å². The van der Waals surface area contributed by atoms with Crippen molar-refractivity contribution in [3.63, 3.8) is 0 Å². The van der Waals surface area contributed by atoms with Crippen LogP contribution in [0.3, 0.4) is 0 Å². The number of rotatable bonds is 11. The first-order valence-corrected chi connectivity index (χ1v) is 20.0. The number of amides is 3. The number of likely N-dealkylation sites (N-methyl/N-ethyl adjacent to an activating group) is 1. The van der Waals surface area contributed by atoms with Gasteiger partial charge in [0.15, 0.2) is 18.2 Å². The van der Waals surface area contributed by atoms with Crippen LogP contribution < -0.4 is 36.0 Å². The highest BCUT2D eigenvalue weighted by Crippen LogP contribution is 2.34. The summed E-state index contributed by atoms with van der Waals surface area (Å²) in [5.41, 5.74) is 3.59. The van der Waals surface area contributed by atoms with E-state index in [0.29, 0.717) is 52.3 Å². The topological polar surface area (TPSA) is 185 Å². The summed E-state index contributed by atoms with van der Waals surface area (Å²) >= 11 is 6.58. The van der Waals surface area contributed by atoms with Crippen molar-refractivity contribution in [3.05, 3.63) is 63.8 Å². The van der Waals surface area contributed by atoms with E-state index in [9.17, 15) is 19.2 Å². The van der Waals surface area contributed by atoms with E-state index in [0.717, 1.165) is 74.5 Å². The molecule has 3 fully saturated rings. The van der Waals surface area contributed by atoms with Gasteiger partial charge in [0.25, 0.3) is 11.5 Å². The molecule has 3 N–H and O–H groups in total. The van der Waals surface area contributed by atoms with E-state index >= 15 is 0 Å². The number of pyridine rings is 2. The van der Waals surface area contributed by atoms with Gasteiger partial charge >= 0.3 is 0 Å². The van der Waals surface area contributed by atoms with Crippen molar-refractivity contribution < 1.29 is 19.1 Å². The summed E-state index contributed by atoms with van der Waals surface area (Å²) in [7, 11) is 3.41. The quantitative estimate of drug-likeness (QED) is 0.165. The number of benzene rings is 1. The Labute approximate surface area is 339 Å². The number of carbonyl (C=O) groups excluding carboxylic acids is 3. The SMILES string of the molecule is CNC(=O)COc1cc2cc(Nc3nc(N4CCN(C[C@H]5CCN(c6ccc7c(C8CCC(=O)NC8=O)nn(C)c7c6)C5)CC4)ncc3Cl)cnc2n(C(C)C)c1=O. The second kappa shape index (κ2) is 16.2. The zero-order valence-corrected chi connectivity index (χ0v) is 33.8. The van der Waals surface area contributed by atoms with Crippen LogP contribution in [0, 0.1) is 5.92 Å². The van der Waals surface area contributed by atoms with E-state index in [-0.39, 0.29) is 41.7 Å². The molecular formula is C40H47ClN12O5. The van der Waals surface area contributed by atoms with Crippen LogP contribution in [0.4, 0.5) is 23.1 Å². The smallest absolute Gasteiger partial charge is 0.294 e. The van der Waals surface area contributed by atoms with Gasteiger partial charge in [0, 0.05) is 88.8 Å². The van der Waals surface area contributed by atoms with E-state index in [1.54, 1.807) is 23.0 Å². The van der Waals surface area contributed by atoms with E-state index in [4.69, 9.17) is 26.4 Å². The average Bonchev–Trinajstić information content (AvgIpc) is 3.81. The number of imide groups is 1. The Balaban J connectivity index is 0.885. The Hall–Kier alpha value is -5.81. The van der Waals surface area contributed by atoms with Crippen LogP contribution in [0.1, 0.15) is 50.8 Å². The largest absolute Gasteiger partial charge is 0.478 e. The first-order valence-electron chi connectivity index (χ1n) is 19.7. The molecule has 18 heteroatoms. The van der Waals surface area contributed by atoms with E-state index < -0.39 is 5.92 Å². The molecule has 2 atom stereocenters. The fourth-order valence-electron chi connectivity index (χ4n) is 8.19. The summed E-state index contributed by atoms with van der Waals surface area (Å²) < 4.78 is 8.97. The third kappa shape index (κ3) is 7.87. The molecule has 304 valence electrons. The lowest BCUT2D eigenvalue weighted by atomic mass is 9.93. The summed E-state index contributed by atoms with van der Waals surface area (Å²) in [4.78, 5) is 70.4. The predicted octanol–water partition coefficient (Wildman–Crippen LogP) is 3.34. The minimum atomic E-state index is -0.421. The van der Waals surface area contributed by atoms with Gasteiger partial charge in [-0.3, -0.25) is 38.6 Å². The van der Waals surface area contributed by atoms with Crippen LogP contribution >= 0.6 is 11.6 Å². The van der Waals surface area contributed by atoms with Gasteiger partial charge in [-0.25, -0.2) is 9.97 Å². The third-order valence-corrected chi connectivity index (χ3v) is 11.5. The summed E-state index contributed by atoms with van der Waals surface area (Å²) in [6.07, 6.45) is 5.13. The second-order valence-electron chi connectivity index (χ2n) is 15.5. The molecule has 1 unspecified atom stereocenters. The molecule has 5 aromatic rings. The van der Waals surface area contributed by atoms with Crippen molar-refractivity contribution >= 4 is 74.4 Å². The van der Waals surface area contributed by atoms with E-state index in [2.05, 4.69) is 58.8 Å². The number of piperazine rings is 1. The van der Waals surface area contributed by atoms with Crippen molar-refractivity contribution in [3.8, 4) is 5.75 Å².